The van der Waals surface area contributed by atoms with Gasteiger partial charge in [0.05, 0.1) is 0 Å². The summed E-state index contributed by atoms with van der Waals surface area (Å²) in [6, 6.07) is 5.73. The highest BCUT2D eigenvalue weighted by Crippen LogP contribution is 2.24. The molecule has 1 fully saturated rings. The molecule has 3 nitrogen and oxygen atoms in total. The van der Waals surface area contributed by atoms with E-state index in [9.17, 15) is 9.90 Å². The molecule has 1 aliphatic carbocycles. The van der Waals surface area contributed by atoms with Crippen LogP contribution in [0, 0.1) is 12.8 Å². The average Bonchev–Trinajstić information content (AvgIpc) is 2.42. The molecule has 1 aromatic carbocycles. The van der Waals surface area contributed by atoms with Crippen molar-refractivity contribution in [3.8, 4) is 0 Å². The van der Waals surface area contributed by atoms with E-state index >= 15 is 0 Å². The lowest BCUT2D eigenvalue weighted by atomic mass is 9.85. The lowest BCUT2D eigenvalue weighted by Gasteiger charge is -2.30. The molecular weight excluding hydrogens is 306 g/mol. The number of rotatable bonds is 3. The van der Waals surface area contributed by atoms with E-state index in [1.165, 1.54) is 0 Å². The predicted octanol–water partition coefficient (Wildman–Crippen LogP) is 3.04. The van der Waals surface area contributed by atoms with Crippen molar-refractivity contribution in [2.45, 2.75) is 38.6 Å². The van der Waals surface area contributed by atoms with Crippen molar-refractivity contribution >= 4 is 21.8 Å². The fraction of sp³-hybridized carbons (Fsp3) is 0.533. The van der Waals surface area contributed by atoms with Gasteiger partial charge in [0.2, 0.25) is 0 Å². The van der Waals surface area contributed by atoms with Crippen LogP contribution in [0.5, 0.6) is 0 Å². The number of hydrogen-bond donors (Lipinski definition) is 2. The van der Waals surface area contributed by atoms with Gasteiger partial charge in [-0.05, 0) is 37.5 Å². The van der Waals surface area contributed by atoms with Crippen LogP contribution in [0.1, 0.15) is 41.6 Å². The lowest BCUT2D eigenvalue weighted by Crippen LogP contribution is -2.43. The number of amides is 1. The minimum Gasteiger partial charge on any atom is -0.396 e. The number of aliphatic hydroxyl groups is 1. The van der Waals surface area contributed by atoms with Gasteiger partial charge in [-0.15, -0.1) is 0 Å². The summed E-state index contributed by atoms with van der Waals surface area (Å²) in [6.45, 7) is 2.15. The first-order valence-electron chi connectivity index (χ1n) is 6.79. The topological polar surface area (TPSA) is 49.3 Å². The normalized spacial score (nSPS) is 23.1. The van der Waals surface area contributed by atoms with Crippen LogP contribution >= 0.6 is 15.9 Å². The third kappa shape index (κ3) is 3.57. The van der Waals surface area contributed by atoms with Gasteiger partial charge in [0, 0.05) is 28.6 Å². The van der Waals surface area contributed by atoms with Gasteiger partial charge in [-0.25, -0.2) is 0 Å². The summed E-state index contributed by atoms with van der Waals surface area (Å²) in [6.07, 6.45) is 4.23. The third-order valence-corrected chi connectivity index (χ3v) is 4.75. The Hall–Kier alpha value is -0.870. The standard InChI is InChI=1S/C15H20BrNO2/c1-10-6-7-11(8-13(10)16)15(19)17-14-5-3-2-4-12(14)9-18/h6-8,12,14,18H,2-5,9H2,1H3,(H,17,19). The molecule has 2 atom stereocenters. The molecular formula is C15H20BrNO2. The first-order chi connectivity index (χ1) is 9.11. The van der Waals surface area contributed by atoms with Crippen LogP contribution in [-0.2, 0) is 0 Å². The van der Waals surface area contributed by atoms with Crippen molar-refractivity contribution in [1.29, 1.82) is 0 Å². The molecule has 0 aliphatic heterocycles. The highest BCUT2D eigenvalue weighted by Gasteiger charge is 2.26. The Balaban J connectivity index is 2.05. The largest absolute Gasteiger partial charge is 0.396 e. The van der Waals surface area contributed by atoms with E-state index in [4.69, 9.17) is 0 Å². The molecule has 2 unspecified atom stereocenters. The van der Waals surface area contributed by atoms with Gasteiger partial charge in [-0.3, -0.25) is 4.79 Å². The molecule has 0 saturated heterocycles. The van der Waals surface area contributed by atoms with Gasteiger partial charge in [0.15, 0.2) is 0 Å². The Bertz CT molecular complexity index is 461. The van der Waals surface area contributed by atoms with Crippen molar-refractivity contribution in [3.05, 3.63) is 33.8 Å². The summed E-state index contributed by atoms with van der Waals surface area (Å²) < 4.78 is 0.947. The summed E-state index contributed by atoms with van der Waals surface area (Å²) in [5, 5.41) is 12.4. The van der Waals surface area contributed by atoms with Gasteiger partial charge in [-0.2, -0.15) is 0 Å². The van der Waals surface area contributed by atoms with Crippen molar-refractivity contribution < 1.29 is 9.90 Å². The van der Waals surface area contributed by atoms with E-state index in [2.05, 4.69) is 21.2 Å². The molecule has 2 N–H and O–H groups in total. The summed E-state index contributed by atoms with van der Waals surface area (Å²) in [5.41, 5.74) is 1.78. The number of aliphatic hydroxyl groups excluding tert-OH is 1. The van der Waals surface area contributed by atoms with Crippen LogP contribution in [0.25, 0.3) is 0 Å². The lowest BCUT2D eigenvalue weighted by molar-refractivity contribution is 0.0872. The number of carbonyl (C=O) groups is 1. The fourth-order valence-electron chi connectivity index (χ4n) is 2.60. The van der Waals surface area contributed by atoms with E-state index < -0.39 is 0 Å². The van der Waals surface area contributed by atoms with Gasteiger partial charge in [0.1, 0.15) is 0 Å². The first-order valence-corrected chi connectivity index (χ1v) is 7.59. The second-order valence-electron chi connectivity index (χ2n) is 5.27. The number of nitrogens with one attached hydrogen (secondary N) is 1. The fourth-order valence-corrected chi connectivity index (χ4v) is 2.98. The predicted molar refractivity (Wildman–Crippen MR) is 79.2 cm³/mol. The van der Waals surface area contributed by atoms with Gasteiger partial charge >= 0.3 is 0 Å². The molecule has 104 valence electrons. The maximum absolute atomic E-state index is 12.2. The second-order valence-corrected chi connectivity index (χ2v) is 6.13. The quantitative estimate of drug-likeness (QED) is 0.897. The zero-order valence-electron chi connectivity index (χ0n) is 11.2. The maximum Gasteiger partial charge on any atom is 0.251 e. The molecule has 0 aromatic heterocycles. The Labute approximate surface area is 122 Å². The van der Waals surface area contributed by atoms with E-state index in [0.29, 0.717) is 5.56 Å². The highest BCUT2D eigenvalue weighted by molar-refractivity contribution is 9.10. The minimum absolute atomic E-state index is 0.0500. The van der Waals surface area contributed by atoms with Crippen LogP contribution in [-0.4, -0.2) is 23.7 Å². The maximum atomic E-state index is 12.2. The van der Waals surface area contributed by atoms with E-state index in [0.717, 1.165) is 35.7 Å². The zero-order valence-corrected chi connectivity index (χ0v) is 12.7. The summed E-state index contributed by atoms with van der Waals surface area (Å²) in [7, 11) is 0. The monoisotopic (exact) mass is 325 g/mol. The van der Waals surface area contributed by atoms with Crippen LogP contribution in [0.2, 0.25) is 0 Å². The Morgan fingerprint density at radius 3 is 2.84 bits per heavy atom. The highest BCUT2D eigenvalue weighted by atomic mass is 79.9. The van der Waals surface area contributed by atoms with E-state index in [1.54, 1.807) is 0 Å². The Morgan fingerprint density at radius 2 is 2.16 bits per heavy atom. The van der Waals surface area contributed by atoms with Crippen molar-refractivity contribution in [2.24, 2.45) is 5.92 Å². The zero-order chi connectivity index (χ0) is 13.8. The number of benzene rings is 1. The Kier molecular flexibility index (Phi) is 4.99. The Morgan fingerprint density at radius 1 is 1.42 bits per heavy atom. The summed E-state index contributed by atoms with van der Waals surface area (Å²) >= 11 is 3.45. The molecule has 1 amide bonds. The third-order valence-electron chi connectivity index (χ3n) is 3.89. The van der Waals surface area contributed by atoms with Gasteiger partial charge in [-0.1, -0.05) is 34.8 Å². The molecule has 1 aliphatic rings. The number of aryl methyl sites for hydroxylation is 1. The van der Waals surface area contributed by atoms with Crippen LogP contribution in [0.4, 0.5) is 0 Å². The van der Waals surface area contributed by atoms with Crippen LogP contribution in [0.3, 0.4) is 0 Å². The van der Waals surface area contributed by atoms with E-state index in [1.807, 2.05) is 25.1 Å². The average molecular weight is 326 g/mol. The molecule has 0 bridgehead atoms. The second kappa shape index (κ2) is 6.53. The number of carbonyl (C=O) groups excluding carboxylic acids is 1. The number of halogens is 1. The molecule has 2 rings (SSSR count). The minimum atomic E-state index is -0.0500. The van der Waals surface area contributed by atoms with Crippen molar-refractivity contribution in [2.75, 3.05) is 6.61 Å². The SMILES string of the molecule is Cc1ccc(C(=O)NC2CCCCC2CO)cc1Br. The molecule has 0 radical (unpaired) electrons. The molecule has 0 heterocycles. The van der Waals surface area contributed by atoms with Gasteiger partial charge in [0.25, 0.3) is 5.91 Å². The number of hydrogen-bond acceptors (Lipinski definition) is 2. The van der Waals surface area contributed by atoms with Crippen LogP contribution < -0.4 is 5.32 Å². The molecule has 1 saturated carbocycles. The smallest absolute Gasteiger partial charge is 0.251 e. The molecule has 1 aromatic rings. The summed E-state index contributed by atoms with van der Waals surface area (Å²) in [5.74, 6) is 0.151. The molecule has 19 heavy (non-hydrogen) atoms. The summed E-state index contributed by atoms with van der Waals surface area (Å²) in [4.78, 5) is 12.2. The van der Waals surface area contributed by atoms with Crippen molar-refractivity contribution in [1.82, 2.24) is 5.32 Å². The first kappa shape index (κ1) is 14.5. The molecule has 4 heteroatoms. The van der Waals surface area contributed by atoms with Crippen LogP contribution in [0.15, 0.2) is 22.7 Å². The molecule has 0 spiro atoms. The van der Waals surface area contributed by atoms with Crippen molar-refractivity contribution in [3.63, 3.8) is 0 Å². The van der Waals surface area contributed by atoms with Gasteiger partial charge < -0.3 is 10.4 Å². The van der Waals surface area contributed by atoms with E-state index in [-0.39, 0.29) is 24.5 Å².